The highest BCUT2D eigenvalue weighted by molar-refractivity contribution is 9.10. The lowest BCUT2D eigenvalue weighted by molar-refractivity contribution is 0.725. The van der Waals surface area contributed by atoms with Crippen LogP contribution in [-0.4, -0.2) is 13.1 Å². The SMILES string of the molecule is CCNCc1cc(Br)ccc1N(CC)c1ccccc1C. The van der Waals surface area contributed by atoms with E-state index < -0.39 is 0 Å². The van der Waals surface area contributed by atoms with Crippen LogP contribution < -0.4 is 10.2 Å². The predicted molar refractivity (Wildman–Crippen MR) is 95.4 cm³/mol. The van der Waals surface area contributed by atoms with E-state index in [9.17, 15) is 0 Å². The van der Waals surface area contributed by atoms with E-state index in [-0.39, 0.29) is 0 Å². The zero-order valence-corrected chi connectivity index (χ0v) is 14.6. The van der Waals surface area contributed by atoms with Gasteiger partial charge in [-0.1, -0.05) is 41.1 Å². The first-order chi connectivity index (χ1) is 10.2. The Kier molecular flexibility index (Phi) is 5.83. The molecular weight excluding hydrogens is 324 g/mol. The molecule has 0 bridgehead atoms. The van der Waals surface area contributed by atoms with E-state index >= 15 is 0 Å². The van der Waals surface area contributed by atoms with Gasteiger partial charge in [-0.15, -0.1) is 0 Å². The summed E-state index contributed by atoms with van der Waals surface area (Å²) in [5, 5.41) is 3.43. The Morgan fingerprint density at radius 1 is 1.05 bits per heavy atom. The fourth-order valence-electron chi connectivity index (χ4n) is 2.56. The summed E-state index contributed by atoms with van der Waals surface area (Å²) in [6.07, 6.45) is 0. The van der Waals surface area contributed by atoms with E-state index in [2.05, 4.69) is 89.4 Å². The molecule has 0 spiro atoms. The largest absolute Gasteiger partial charge is 0.341 e. The summed E-state index contributed by atoms with van der Waals surface area (Å²) in [6.45, 7) is 9.31. The van der Waals surface area contributed by atoms with Crippen LogP contribution in [0.25, 0.3) is 0 Å². The zero-order valence-electron chi connectivity index (χ0n) is 13.0. The molecule has 2 rings (SSSR count). The molecule has 0 aromatic heterocycles. The molecule has 0 amide bonds. The number of rotatable bonds is 6. The number of para-hydroxylation sites is 1. The maximum absolute atomic E-state index is 3.58. The maximum Gasteiger partial charge on any atom is 0.0457 e. The molecule has 1 N–H and O–H groups in total. The third-order valence-electron chi connectivity index (χ3n) is 3.62. The molecule has 0 fully saturated rings. The highest BCUT2D eigenvalue weighted by Gasteiger charge is 2.13. The average Bonchev–Trinajstić information content (AvgIpc) is 2.49. The van der Waals surface area contributed by atoms with Crippen molar-refractivity contribution in [1.82, 2.24) is 5.32 Å². The third kappa shape index (κ3) is 3.86. The van der Waals surface area contributed by atoms with Gasteiger partial charge in [0.1, 0.15) is 0 Å². The fraction of sp³-hybridized carbons (Fsp3) is 0.333. The van der Waals surface area contributed by atoms with Gasteiger partial charge in [0.25, 0.3) is 0 Å². The molecule has 0 unspecified atom stereocenters. The lowest BCUT2D eigenvalue weighted by Gasteiger charge is -2.27. The van der Waals surface area contributed by atoms with Gasteiger partial charge in [0, 0.05) is 28.9 Å². The summed E-state index contributed by atoms with van der Waals surface area (Å²) in [5.74, 6) is 0. The molecule has 2 aromatic rings. The number of anilines is 2. The topological polar surface area (TPSA) is 15.3 Å². The van der Waals surface area contributed by atoms with Gasteiger partial charge in [-0.25, -0.2) is 0 Å². The van der Waals surface area contributed by atoms with Gasteiger partial charge in [0.2, 0.25) is 0 Å². The summed E-state index contributed by atoms with van der Waals surface area (Å²) in [4.78, 5) is 2.38. The highest BCUT2D eigenvalue weighted by Crippen LogP contribution is 2.32. The minimum Gasteiger partial charge on any atom is -0.341 e. The first-order valence-corrected chi connectivity index (χ1v) is 8.29. The Bertz CT molecular complexity index is 596. The lowest BCUT2D eigenvalue weighted by atomic mass is 10.1. The predicted octanol–water partition coefficient (Wildman–Crippen LogP) is 5.03. The van der Waals surface area contributed by atoms with Crippen LogP contribution in [-0.2, 0) is 6.54 Å². The van der Waals surface area contributed by atoms with Crippen LogP contribution in [0, 0.1) is 6.92 Å². The lowest BCUT2D eigenvalue weighted by Crippen LogP contribution is -2.21. The molecule has 21 heavy (non-hydrogen) atoms. The van der Waals surface area contributed by atoms with Gasteiger partial charge in [-0.2, -0.15) is 0 Å². The van der Waals surface area contributed by atoms with Gasteiger partial charge in [-0.3, -0.25) is 0 Å². The number of benzene rings is 2. The summed E-state index contributed by atoms with van der Waals surface area (Å²) in [5.41, 5.74) is 5.17. The van der Waals surface area contributed by atoms with E-state index in [1.54, 1.807) is 0 Å². The average molecular weight is 347 g/mol. The Morgan fingerprint density at radius 2 is 1.81 bits per heavy atom. The van der Waals surface area contributed by atoms with Crippen molar-refractivity contribution in [2.75, 3.05) is 18.0 Å². The fourth-order valence-corrected chi connectivity index (χ4v) is 2.96. The molecule has 0 heterocycles. The van der Waals surface area contributed by atoms with Gasteiger partial charge < -0.3 is 10.2 Å². The van der Waals surface area contributed by atoms with Crippen molar-refractivity contribution in [3.8, 4) is 0 Å². The first kappa shape index (κ1) is 16.1. The van der Waals surface area contributed by atoms with Crippen molar-refractivity contribution in [2.24, 2.45) is 0 Å². The summed E-state index contributed by atoms with van der Waals surface area (Å²) < 4.78 is 1.12. The van der Waals surface area contributed by atoms with E-state index in [1.807, 2.05) is 0 Å². The van der Waals surface area contributed by atoms with E-state index in [0.29, 0.717) is 0 Å². The van der Waals surface area contributed by atoms with E-state index in [1.165, 1.54) is 22.5 Å². The van der Waals surface area contributed by atoms with Crippen LogP contribution in [0.5, 0.6) is 0 Å². The van der Waals surface area contributed by atoms with Crippen molar-refractivity contribution >= 4 is 27.3 Å². The Morgan fingerprint density at radius 3 is 2.48 bits per heavy atom. The minimum absolute atomic E-state index is 0.883. The molecule has 0 saturated carbocycles. The molecule has 2 nitrogen and oxygen atoms in total. The standard InChI is InChI=1S/C18H23BrN2/c1-4-20-13-15-12-16(19)10-11-18(15)21(5-2)17-9-7-6-8-14(17)3/h6-12,20H,4-5,13H2,1-3H3. The minimum atomic E-state index is 0.883. The number of nitrogens with one attached hydrogen (secondary N) is 1. The van der Waals surface area contributed by atoms with Crippen LogP contribution in [0.15, 0.2) is 46.9 Å². The van der Waals surface area contributed by atoms with Crippen LogP contribution >= 0.6 is 15.9 Å². The van der Waals surface area contributed by atoms with E-state index in [4.69, 9.17) is 0 Å². The van der Waals surface area contributed by atoms with Gasteiger partial charge >= 0.3 is 0 Å². The molecule has 0 aliphatic rings. The number of halogens is 1. The second-order valence-corrected chi connectivity index (χ2v) is 6.00. The van der Waals surface area contributed by atoms with Crippen molar-refractivity contribution in [2.45, 2.75) is 27.3 Å². The first-order valence-electron chi connectivity index (χ1n) is 7.49. The molecule has 0 aliphatic heterocycles. The Balaban J connectivity index is 2.44. The van der Waals surface area contributed by atoms with Crippen LogP contribution in [0.1, 0.15) is 25.0 Å². The third-order valence-corrected chi connectivity index (χ3v) is 4.11. The van der Waals surface area contributed by atoms with E-state index in [0.717, 1.165) is 24.1 Å². The second kappa shape index (κ2) is 7.62. The molecule has 2 aromatic carbocycles. The Hall–Kier alpha value is -1.32. The Labute approximate surface area is 136 Å². The monoisotopic (exact) mass is 346 g/mol. The van der Waals surface area contributed by atoms with Crippen molar-refractivity contribution in [1.29, 1.82) is 0 Å². The van der Waals surface area contributed by atoms with Crippen molar-refractivity contribution in [3.63, 3.8) is 0 Å². The summed E-state index contributed by atoms with van der Waals surface area (Å²) in [6, 6.07) is 15.1. The van der Waals surface area contributed by atoms with Crippen LogP contribution in [0.4, 0.5) is 11.4 Å². The molecule has 0 aliphatic carbocycles. The van der Waals surface area contributed by atoms with Crippen LogP contribution in [0.2, 0.25) is 0 Å². The number of nitrogens with zero attached hydrogens (tertiary/aromatic N) is 1. The van der Waals surface area contributed by atoms with Crippen molar-refractivity contribution in [3.05, 3.63) is 58.1 Å². The number of hydrogen-bond donors (Lipinski definition) is 1. The quantitative estimate of drug-likeness (QED) is 0.789. The molecule has 0 radical (unpaired) electrons. The summed E-state index contributed by atoms with van der Waals surface area (Å²) in [7, 11) is 0. The normalized spacial score (nSPS) is 10.7. The van der Waals surface area contributed by atoms with Gasteiger partial charge in [0.05, 0.1) is 0 Å². The maximum atomic E-state index is 3.58. The van der Waals surface area contributed by atoms with Gasteiger partial charge in [0.15, 0.2) is 0 Å². The molecule has 0 atom stereocenters. The molecule has 112 valence electrons. The second-order valence-electron chi connectivity index (χ2n) is 5.08. The van der Waals surface area contributed by atoms with Gasteiger partial charge in [-0.05, 0) is 55.8 Å². The molecule has 0 saturated heterocycles. The summed E-state index contributed by atoms with van der Waals surface area (Å²) >= 11 is 3.58. The number of aryl methyl sites for hydroxylation is 1. The van der Waals surface area contributed by atoms with Crippen molar-refractivity contribution < 1.29 is 0 Å². The zero-order chi connectivity index (χ0) is 15.2. The smallest absolute Gasteiger partial charge is 0.0457 e. The molecule has 3 heteroatoms. The molecular formula is C18H23BrN2. The van der Waals surface area contributed by atoms with Crippen LogP contribution in [0.3, 0.4) is 0 Å². The number of hydrogen-bond acceptors (Lipinski definition) is 2. The highest BCUT2D eigenvalue weighted by atomic mass is 79.9.